The number of methoxy groups -OCH3 is 1. The highest BCUT2D eigenvalue weighted by Crippen LogP contribution is 2.42. The van der Waals surface area contributed by atoms with E-state index in [1.165, 1.54) is 7.11 Å². The molecule has 3 heteroatoms. The van der Waals surface area contributed by atoms with Gasteiger partial charge in [0, 0.05) is 17.0 Å². The molecule has 0 unspecified atom stereocenters. The third-order valence-electron chi connectivity index (χ3n) is 4.64. The largest absolute Gasteiger partial charge is 0.466 e. The smallest absolute Gasteiger partial charge is 0.335 e. The summed E-state index contributed by atoms with van der Waals surface area (Å²) in [5.74, 6) is 0.130. The van der Waals surface area contributed by atoms with Crippen LogP contribution in [0.1, 0.15) is 25.0 Å². The van der Waals surface area contributed by atoms with Crippen LogP contribution in [0.15, 0.2) is 76.9 Å². The van der Waals surface area contributed by atoms with Crippen molar-refractivity contribution >= 4 is 11.7 Å². The molecule has 0 spiro atoms. The van der Waals surface area contributed by atoms with Crippen molar-refractivity contribution in [1.29, 1.82) is 0 Å². The Balaban J connectivity index is 2.14. The minimum atomic E-state index is -0.278. The van der Waals surface area contributed by atoms with E-state index in [9.17, 15) is 4.79 Å². The zero-order valence-electron chi connectivity index (χ0n) is 14.2. The van der Waals surface area contributed by atoms with Crippen LogP contribution in [0.4, 0.5) is 0 Å². The van der Waals surface area contributed by atoms with Crippen LogP contribution in [0, 0.1) is 11.8 Å². The average Bonchev–Trinajstić information content (AvgIpc) is 2.65. The standard InChI is InChI=1S/C21H21NO2/c1-14-15(2)19(18(14)21(23)24-3)22-20(16-10-6-4-7-11-16)17-12-8-5-9-13-17/h4-15H,1-3H3/t14-,15-/m0/s1. The lowest BCUT2D eigenvalue weighted by Crippen LogP contribution is -2.32. The summed E-state index contributed by atoms with van der Waals surface area (Å²) in [6.45, 7) is 4.14. The zero-order chi connectivity index (χ0) is 17.1. The third kappa shape index (κ3) is 2.90. The molecule has 0 bridgehead atoms. The Labute approximate surface area is 142 Å². The highest BCUT2D eigenvalue weighted by molar-refractivity contribution is 6.13. The van der Waals surface area contributed by atoms with Crippen LogP contribution < -0.4 is 0 Å². The Kier molecular flexibility index (Phi) is 4.61. The molecule has 3 rings (SSSR count). The maximum Gasteiger partial charge on any atom is 0.335 e. The van der Waals surface area contributed by atoms with Crippen molar-refractivity contribution < 1.29 is 9.53 Å². The van der Waals surface area contributed by atoms with Gasteiger partial charge in [0.05, 0.1) is 24.1 Å². The summed E-state index contributed by atoms with van der Waals surface area (Å²) >= 11 is 0. The fourth-order valence-electron chi connectivity index (χ4n) is 3.04. The molecule has 0 radical (unpaired) electrons. The highest BCUT2D eigenvalue weighted by Gasteiger charge is 2.39. The molecule has 2 atom stereocenters. The van der Waals surface area contributed by atoms with Gasteiger partial charge in [-0.25, -0.2) is 4.79 Å². The molecule has 3 nitrogen and oxygen atoms in total. The number of nitrogens with zero attached hydrogens (tertiary/aromatic N) is 1. The van der Waals surface area contributed by atoms with Crippen LogP contribution in [0.3, 0.4) is 0 Å². The van der Waals surface area contributed by atoms with E-state index in [1.54, 1.807) is 0 Å². The van der Waals surface area contributed by atoms with Crippen molar-refractivity contribution in [2.75, 3.05) is 7.11 Å². The molecule has 2 aromatic carbocycles. The predicted octanol–water partition coefficient (Wildman–Crippen LogP) is 4.24. The Morgan fingerprint density at radius 1 is 0.875 bits per heavy atom. The highest BCUT2D eigenvalue weighted by atomic mass is 16.5. The average molecular weight is 319 g/mol. The first-order chi connectivity index (χ1) is 11.6. The summed E-state index contributed by atoms with van der Waals surface area (Å²) < 4.78 is 4.93. The Hall–Kier alpha value is -2.68. The van der Waals surface area contributed by atoms with Crippen molar-refractivity contribution in [1.82, 2.24) is 0 Å². The lowest BCUT2D eigenvalue weighted by molar-refractivity contribution is -0.137. The lowest BCUT2D eigenvalue weighted by atomic mass is 9.73. The molecule has 122 valence electrons. The molecule has 0 fully saturated rings. The van der Waals surface area contributed by atoms with Crippen molar-refractivity contribution in [3.05, 3.63) is 83.1 Å². The van der Waals surface area contributed by atoms with Crippen molar-refractivity contribution in [2.45, 2.75) is 13.8 Å². The Morgan fingerprint density at radius 3 is 1.83 bits per heavy atom. The molecule has 1 aliphatic rings. The van der Waals surface area contributed by atoms with Crippen LogP contribution in [0.5, 0.6) is 0 Å². The molecule has 0 saturated carbocycles. The fourth-order valence-corrected chi connectivity index (χ4v) is 3.04. The molecule has 2 aromatic rings. The molecule has 0 saturated heterocycles. The number of esters is 1. The first-order valence-corrected chi connectivity index (χ1v) is 8.15. The van der Waals surface area contributed by atoms with Crippen LogP contribution in [0.25, 0.3) is 0 Å². The molecule has 0 heterocycles. The van der Waals surface area contributed by atoms with Crippen LogP contribution in [-0.2, 0) is 9.53 Å². The quantitative estimate of drug-likeness (QED) is 0.624. The van der Waals surface area contributed by atoms with Crippen molar-refractivity contribution in [2.24, 2.45) is 16.8 Å². The predicted molar refractivity (Wildman–Crippen MR) is 95.9 cm³/mol. The van der Waals surface area contributed by atoms with E-state index in [1.807, 2.05) is 67.6 Å². The van der Waals surface area contributed by atoms with E-state index in [4.69, 9.17) is 9.73 Å². The number of carbonyl (C=O) groups excluding carboxylic acids is 1. The number of benzene rings is 2. The van der Waals surface area contributed by atoms with Crippen LogP contribution >= 0.6 is 0 Å². The molecule has 0 amide bonds. The van der Waals surface area contributed by atoms with Gasteiger partial charge in [0.2, 0.25) is 0 Å². The first kappa shape index (κ1) is 16.2. The van der Waals surface area contributed by atoms with E-state index in [0.717, 1.165) is 22.5 Å². The summed E-state index contributed by atoms with van der Waals surface area (Å²) in [6, 6.07) is 20.1. The van der Waals surface area contributed by atoms with Crippen LogP contribution in [0.2, 0.25) is 0 Å². The maximum atomic E-state index is 12.1. The van der Waals surface area contributed by atoms with Gasteiger partial charge in [0.15, 0.2) is 0 Å². The fraction of sp³-hybridized carbons (Fsp3) is 0.238. The van der Waals surface area contributed by atoms with Gasteiger partial charge >= 0.3 is 5.97 Å². The summed E-state index contributed by atoms with van der Waals surface area (Å²) in [6.07, 6.45) is 0. The molecule has 0 N–H and O–H groups in total. The minimum Gasteiger partial charge on any atom is -0.466 e. The van der Waals surface area contributed by atoms with Gasteiger partial charge in [0.25, 0.3) is 0 Å². The molecule has 0 aliphatic heterocycles. The number of rotatable bonds is 4. The summed E-state index contributed by atoms with van der Waals surface area (Å²) in [4.78, 5) is 17.0. The van der Waals surface area contributed by atoms with Gasteiger partial charge in [0.1, 0.15) is 0 Å². The number of aliphatic imine (C=N–C) groups is 1. The topological polar surface area (TPSA) is 38.7 Å². The first-order valence-electron chi connectivity index (χ1n) is 8.15. The summed E-state index contributed by atoms with van der Waals surface area (Å²) in [5.41, 5.74) is 4.47. The van der Waals surface area contributed by atoms with Gasteiger partial charge in [-0.05, 0) is 5.92 Å². The number of hydrogen-bond donors (Lipinski definition) is 0. The summed E-state index contributed by atoms with van der Waals surface area (Å²) in [5, 5.41) is 0. The van der Waals surface area contributed by atoms with E-state index < -0.39 is 0 Å². The van der Waals surface area contributed by atoms with E-state index in [0.29, 0.717) is 5.57 Å². The molecular weight excluding hydrogens is 298 g/mol. The number of hydrogen-bond acceptors (Lipinski definition) is 3. The second-order valence-corrected chi connectivity index (χ2v) is 6.06. The van der Waals surface area contributed by atoms with E-state index >= 15 is 0 Å². The zero-order valence-corrected chi connectivity index (χ0v) is 14.2. The van der Waals surface area contributed by atoms with Gasteiger partial charge < -0.3 is 4.74 Å². The van der Waals surface area contributed by atoms with Crippen molar-refractivity contribution in [3.8, 4) is 0 Å². The van der Waals surface area contributed by atoms with Crippen LogP contribution in [-0.4, -0.2) is 18.8 Å². The monoisotopic (exact) mass is 319 g/mol. The second kappa shape index (κ2) is 6.83. The van der Waals surface area contributed by atoms with Crippen molar-refractivity contribution in [3.63, 3.8) is 0 Å². The number of carbonyl (C=O) groups is 1. The molecular formula is C21H21NO2. The van der Waals surface area contributed by atoms with Gasteiger partial charge in [-0.15, -0.1) is 0 Å². The molecule has 0 aromatic heterocycles. The summed E-state index contributed by atoms with van der Waals surface area (Å²) in [7, 11) is 1.42. The Bertz CT molecular complexity index is 750. The maximum absolute atomic E-state index is 12.1. The van der Waals surface area contributed by atoms with E-state index in [-0.39, 0.29) is 17.8 Å². The number of allylic oxidation sites excluding steroid dienone is 1. The van der Waals surface area contributed by atoms with E-state index in [2.05, 4.69) is 6.92 Å². The second-order valence-electron chi connectivity index (χ2n) is 6.06. The minimum absolute atomic E-state index is 0.170. The third-order valence-corrected chi connectivity index (χ3v) is 4.64. The molecule has 1 aliphatic carbocycles. The molecule has 24 heavy (non-hydrogen) atoms. The number of ether oxygens (including phenoxy) is 1. The normalized spacial score (nSPS) is 19.5. The van der Waals surface area contributed by atoms with Gasteiger partial charge in [-0.3, -0.25) is 4.99 Å². The van der Waals surface area contributed by atoms with Gasteiger partial charge in [-0.1, -0.05) is 74.5 Å². The SMILES string of the molecule is COC(=O)C1=C(N=C(c2ccccc2)c2ccccc2)[C@@H](C)[C@@H]1C. The van der Waals surface area contributed by atoms with Gasteiger partial charge in [-0.2, -0.15) is 0 Å². The lowest BCUT2D eigenvalue weighted by Gasteiger charge is -2.34. The Morgan fingerprint density at radius 2 is 1.38 bits per heavy atom.